The molecule has 1 atom stereocenters. The van der Waals surface area contributed by atoms with Gasteiger partial charge < -0.3 is 14.8 Å². The largest absolute Gasteiger partial charge is 0.508 e. The third-order valence-corrected chi connectivity index (χ3v) is 3.71. The van der Waals surface area contributed by atoms with E-state index in [1.807, 2.05) is 36.6 Å². The molecule has 0 amide bonds. The number of phenolic OH excluding ortho intramolecular Hbond substituents is 1. The molecular weight excluding hydrogens is 262 g/mol. The second kappa shape index (κ2) is 6.02. The van der Waals surface area contributed by atoms with E-state index in [1.54, 1.807) is 12.1 Å². The number of para-hydroxylation sites is 1. The van der Waals surface area contributed by atoms with E-state index in [-0.39, 0.29) is 6.04 Å². The predicted octanol–water partition coefficient (Wildman–Crippen LogP) is 4.03. The highest BCUT2D eigenvalue weighted by atomic mass is 16.3. The van der Waals surface area contributed by atoms with Gasteiger partial charge in [-0.2, -0.15) is 0 Å². The molecule has 0 bridgehead atoms. The van der Waals surface area contributed by atoms with Gasteiger partial charge in [0.05, 0.1) is 6.26 Å². The minimum atomic E-state index is 0.197. The first-order chi connectivity index (χ1) is 10.3. The Morgan fingerprint density at radius 1 is 1.10 bits per heavy atom. The molecule has 0 aliphatic heterocycles. The normalized spacial score (nSPS) is 12.6. The van der Waals surface area contributed by atoms with Crippen molar-refractivity contribution >= 4 is 11.0 Å². The van der Waals surface area contributed by atoms with Crippen molar-refractivity contribution in [1.82, 2.24) is 5.32 Å². The second-order valence-corrected chi connectivity index (χ2v) is 5.17. The summed E-state index contributed by atoms with van der Waals surface area (Å²) in [5.41, 5.74) is 3.28. The maximum atomic E-state index is 9.39. The van der Waals surface area contributed by atoms with Crippen molar-refractivity contribution in [3.8, 4) is 5.75 Å². The molecule has 21 heavy (non-hydrogen) atoms. The van der Waals surface area contributed by atoms with Crippen LogP contribution in [0, 0.1) is 0 Å². The summed E-state index contributed by atoms with van der Waals surface area (Å²) in [5, 5.41) is 14.1. The Kier molecular flexibility index (Phi) is 3.93. The highest BCUT2D eigenvalue weighted by molar-refractivity contribution is 5.81. The van der Waals surface area contributed by atoms with Gasteiger partial charge in [0.2, 0.25) is 0 Å². The van der Waals surface area contributed by atoms with Crippen molar-refractivity contribution in [2.75, 3.05) is 6.54 Å². The Labute approximate surface area is 124 Å². The molecule has 0 aliphatic rings. The highest BCUT2D eigenvalue weighted by Gasteiger charge is 2.16. The molecule has 3 heteroatoms. The molecule has 3 rings (SSSR count). The molecular formula is C18H19NO2. The molecule has 108 valence electrons. The quantitative estimate of drug-likeness (QED) is 0.742. The second-order valence-electron chi connectivity index (χ2n) is 5.17. The van der Waals surface area contributed by atoms with Crippen LogP contribution in [0.15, 0.2) is 59.2 Å². The predicted molar refractivity (Wildman–Crippen MR) is 84.4 cm³/mol. The van der Waals surface area contributed by atoms with Crippen molar-refractivity contribution in [1.29, 1.82) is 0 Å². The number of phenols is 1. The standard InChI is InChI=1S/C18H19NO2/c1-2-19-17(11-13-7-9-14(20)10-8-13)16-12-21-18-6-4-3-5-15(16)18/h3-10,12,17,19-20H,2,11H2,1H3. The van der Waals surface area contributed by atoms with Crippen molar-refractivity contribution in [2.24, 2.45) is 0 Å². The van der Waals surface area contributed by atoms with Crippen molar-refractivity contribution < 1.29 is 9.52 Å². The smallest absolute Gasteiger partial charge is 0.134 e. The van der Waals surface area contributed by atoms with Gasteiger partial charge in [0.15, 0.2) is 0 Å². The van der Waals surface area contributed by atoms with E-state index >= 15 is 0 Å². The van der Waals surface area contributed by atoms with Gasteiger partial charge in [-0.3, -0.25) is 0 Å². The number of hydrogen-bond acceptors (Lipinski definition) is 3. The molecule has 2 aromatic carbocycles. The van der Waals surface area contributed by atoms with Crippen LogP contribution >= 0.6 is 0 Å². The fourth-order valence-electron chi connectivity index (χ4n) is 2.67. The molecule has 0 saturated carbocycles. The van der Waals surface area contributed by atoms with Crippen molar-refractivity contribution in [3.05, 3.63) is 65.9 Å². The molecule has 2 N–H and O–H groups in total. The number of nitrogens with one attached hydrogen (secondary N) is 1. The van der Waals surface area contributed by atoms with E-state index in [1.165, 1.54) is 11.1 Å². The first kappa shape index (κ1) is 13.7. The Morgan fingerprint density at radius 2 is 1.86 bits per heavy atom. The lowest BCUT2D eigenvalue weighted by Gasteiger charge is -2.17. The first-order valence-corrected chi connectivity index (χ1v) is 7.25. The number of rotatable bonds is 5. The van der Waals surface area contributed by atoms with Crippen LogP contribution in [0.5, 0.6) is 5.75 Å². The molecule has 0 radical (unpaired) electrons. The van der Waals surface area contributed by atoms with E-state index < -0.39 is 0 Å². The average Bonchev–Trinajstić information content (AvgIpc) is 2.93. The lowest BCUT2D eigenvalue weighted by molar-refractivity contribution is 0.474. The maximum Gasteiger partial charge on any atom is 0.134 e. The molecule has 3 nitrogen and oxygen atoms in total. The molecule has 1 heterocycles. The number of furan rings is 1. The summed E-state index contributed by atoms with van der Waals surface area (Å²) < 4.78 is 5.65. The molecule has 1 unspecified atom stereocenters. The van der Waals surface area contributed by atoms with E-state index in [0.29, 0.717) is 5.75 Å². The lowest BCUT2D eigenvalue weighted by Crippen LogP contribution is -2.22. The molecule has 0 fully saturated rings. The summed E-state index contributed by atoms with van der Waals surface area (Å²) in [6.45, 7) is 2.99. The third-order valence-electron chi connectivity index (χ3n) is 3.71. The first-order valence-electron chi connectivity index (χ1n) is 7.25. The van der Waals surface area contributed by atoms with Gasteiger partial charge in [0, 0.05) is 17.0 Å². The van der Waals surface area contributed by atoms with Crippen LogP contribution in [0.1, 0.15) is 24.1 Å². The number of likely N-dealkylation sites (N-methyl/N-ethyl adjacent to an activating group) is 1. The van der Waals surface area contributed by atoms with E-state index in [4.69, 9.17) is 4.42 Å². The Bertz CT molecular complexity index is 715. The minimum absolute atomic E-state index is 0.197. The molecule has 3 aromatic rings. The van der Waals surface area contributed by atoms with Crippen molar-refractivity contribution in [3.63, 3.8) is 0 Å². The van der Waals surface area contributed by atoms with Crippen LogP contribution in [0.3, 0.4) is 0 Å². The monoisotopic (exact) mass is 281 g/mol. The fourth-order valence-corrected chi connectivity index (χ4v) is 2.67. The molecule has 0 saturated heterocycles. The maximum absolute atomic E-state index is 9.39. The number of aromatic hydroxyl groups is 1. The number of benzene rings is 2. The summed E-state index contributed by atoms with van der Waals surface area (Å²) in [5.74, 6) is 0.299. The van der Waals surface area contributed by atoms with Gasteiger partial charge in [-0.1, -0.05) is 37.3 Å². The van der Waals surface area contributed by atoms with Gasteiger partial charge in [-0.25, -0.2) is 0 Å². The molecule has 0 aliphatic carbocycles. The van der Waals surface area contributed by atoms with Gasteiger partial charge >= 0.3 is 0 Å². The Morgan fingerprint density at radius 3 is 2.62 bits per heavy atom. The minimum Gasteiger partial charge on any atom is -0.508 e. The van der Waals surface area contributed by atoms with Gasteiger partial charge in [-0.15, -0.1) is 0 Å². The summed E-state index contributed by atoms with van der Waals surface area (Å²) in [7, 11) is 0. The van der Waals surface area contributed by atoms with Crippen LogP contribution in [0.4, 0.5) is 0 Å². The molecule has 1 aromatic heterocycles. The average molecular weight is 281 g/mol. The van der Waals surface area contributed by atoms with E-state index in [0.717, 1.165) is 23.9 Å². The zero-order valence-electron chi connectivity index (χ0n) is 12.0. The summed E-state index contributed by atoms with van der Waals surface area (Å²) in [6, 6.07) is 15.7. The SMILES string of the molecule is CCNC(Cc1ccc(O)cc1)c1coc2ccccc12. The van der Waals surface area contributed by atoms with Crippen molar-refractivity contribution in [2.45, 2.75) is 19.4 Å². The fraction of sp³-hybridized carbons (Fsp3) is 0.222. The number of fused-ring (bicyclic) bond motifs is 1. The van der Waals surface area contributed by atoms with Crippen LogP contribution in [0.2, 0.25) is 0 Å². The molecule has 0 spiro atoms. The summed E-state index contributed by atoms with van der Waals surface area (Å²) >= 11 is 0. The van der Waals surface area contributed by atoms with Crippen LogP contribution < -0.4 is 5.32 Å². The Hall–Kier alpha value is -2.26. The zero-order valence-corrected chi connectivity index (χ0v) is 12.0. The Balaban J connectivity index is 1.92. The van der Waals surface area contributed by atoms with Gasteiger partial charge in [0.1, 0.15) is 11.3 Å². The van der Waals surface area contributed by atoms with E-state index in [9.17, 15) is 5.11 Å². The highest BCUT2D eigenvalue weighted by Crippen LogP contribution is 2.28. The summed E-state index contributed by atoms with van der Waals surface area (Å²) in [6.07, 6.45) is 2.70. The lowest BCUT2D eigenvalue weighted by atomic mass is 9.98. The van der Waals surface area contributed by atoms with Crippen LogP contribution in [0.25, 0.3) is 11.0 Å². The zero-order chi connectivity index (χ0) is 14.7. The number of hydrogen-bond donors (Lipinski definition) is 2. The van der Waals surface area contributed by atoms with E-state index in [2.05, 4.69) is 18.3 Å². The van der Waals surface area contributed by atoms with Gasteiger partial charge in [0.25, 0.3) is 0 Å². The van der Waals surface area contributed by atoms with Crippen LogP contribution in [-0.2, 0) is 6.42 Å². The third kappa shape index (κ3) is 2.93. The van der Waals surface area contributed by atoms with Crippen LogP contribution in [-0.4, -0.2) is 11.7 Å². The summed E-state index contributed by atoms with van der Waals surface area (Å²) in [4.78, 5) is 0. The van der Waals surface area contributed by atoms with Gasteiger partial charge in [-0.05, 0) is 36.7 Å². The topological polar surface area (TPSA) is 45.4 Å².